The normalized spacial score (nSPS) is 14.5. The van der Waals surface area contributed by atoms with Gasteiger partial charge in [0.05, 0.1) is 30.4 Å². The van der Waals surface area contributed by atoms with Crippen molar-refractivity contribution in [1.82, 2.24) is 35.6 Å². The van der Waals surface area contributed by atoms with Gasteiger partial charge in [-0.2, -0.15) is 0 Å². The van der Waals surface area contributed by atoms with Crippen LogP contribution in [0.15, 0.2) is 48.1 Å². The summed E-state index contributed by atoms with van der Waals surface area (Å²) in [6.07, 6.45) is 5.39. The minimum Gasteiger partial charge on any atom is -0.394 e. The molecule has 0 saturated carbocycles. The molecule has 1 amide bonds. The number of hydrogen-bond donors (Lipinski definition) is 4. The third-order valence-corrected chi connectivity index (χ3v) is 5.42. The van der Waals surface area contributed by atoms with Gasteiger partial charge in [-0.1, -0.05) is 26.8 Å². The standard InChI is InChI=1S/C23H29N9O2/c1-14-10-24-17(9-18(14)31-11-19(25-13-31)23(3,4)5)22(34)27-20-8-6-7-16(26-20)21-28-29-30-32(21)15(2)12-33/h6-11,13,15,29-30,33H,12H2,1-5H3,(H,26,27,34)/t15-/m1/s1. The fraction of sp³-hybridized carbons (Fsp3) is 0.348. The maximum Gasteiger partial charge on any atom is 0.275 e. The molecular formula is C23H29N9O2. The first-order valence-corrected chi connectivity index (χ1v) is 11.0. The van der Waals surface area contributed by atoms with Crippen molar-refractivity contribution in [1.29, 1.82) is 0 Å². The van der Waals surface area contributed by atoms with Gasteiger partial charge in [-0.3, -0.25) is 14.8 Å². The van der Waals surface area contributed by atoms with E-state index in [-0.39, 0.29) is 29.7 Å². The lowest BCUT2D eigenvalue weighted by molar-refractivity contribution is 0.102. The Morgan fingerprint density at radius 2 is 2.06 bits per heavy atom. The van der Waals surface area contributed by atoms with Crippen molar-refractivity contribution in [2.75, 3.05) is 11.9 Å². The average Bonchev–Trinajstić information content (AvgIpc) is 3.49. The summed E-state index contributed by atoms with van der Waals surface area (Å²) >= 11 is 0. The number of carbonyl (C=O) groups excluding carboxylic acids is 1. The zero-order valence-corrected chi connectivity index (χ0v) is 19.9. The van der Waals surface area contributed by atoms with E-state index in [9.17, 15) is 9.90 Å². The van der Waals surface area contributed by atoms with Crippen molar-refractivity contribution in [3.8, 4) is 5.69 Å². The summed E-state index contributed by atoms with van der Waals surface area (Å²) in [6.45, 7) is 10.0. The van der Waals surface area contributed by atoms with Crippen LogP contribution in [0.1, 0.15) is 55.1 Å². The van der Waals surface area contributed by atoms with Gasteiger partial charge in [-0.05, 0) is 37.6 Å². The molecule has 0 bridgehead atoms. The maximum absolute atomic E-state index is 13.0. The van der Waals surface area contributed by atoms with Crippen LogP contribution in [0.3, 0.4) is 0 Å². The third kappa shape index (κ3) is 4.75. The number of amides is 1. The number of pyridine rings is 2. The van der Waals surface area contributed by atoms with E-state index in [1.807, 2.05) is 24.6 Å². The van der Waals surface area contributed by atoms with Crippen molar-refractivity contribution in [3.05, 3.63) is 65.6 Å². The summed E-state index contributed by atoms with van der Waals surface area (Å²) in [5.41, 5.74) is 8.94. The molecule has 11 heteroatoms. The zero-order chi connectivity index (χ0) is 24.5. The number of imidazole rings is 1. The number of anilines is 1. The van der Waals surface area contributed by atoms with E-state index < -0.39 is 0 Å². The Morgan fingerprint density at radius 1 is 1.26 bits per heavy atom. The highest BCUT2D eigenvalue weighted by Gasteiger charge is 2.25. The van der Waals surface area contributed by atoms with Gasteiger partial charge in [-0.15, -0.1) is 10.6 Å². The fourth-order valence-electron chi connectivity index (χ4n) is 3.39. The molecule has 0 aromatic carbocycles. The summed E-state index contributed by atoms with van der Waals surface area (Å²) in [5, 5.41) is 18.1. The molecule has 1 atom stereocenters. The molecule has 3 aromatic heterocycles. The van der Waals surface area contributed by atoms with Gasteiger partial charge in [0, 0.05) is 17.8 Å². The van der Waals surface area contributed by atoms with Gasteiger partial charge >= 0.3 is 0 Å². The van der Waals surface area contributed by atoms with Gasteiger partial charge in [0.15, 0.2) is 5.84 Å². The first kappa shape index (κ1) is 23.3. The van der Waals surface area contributed by atoms with Crippen LogP contribution in [0, 0.1) is 6.92 Å². The molecule has 1 aliphatic rings. The topological polar surface area (TPSA) is 133 Å². The minimum atomic E-state index is -0.382. The molecule has 0 radical (unpaired) electrons. The second kappa shape index (κ2) is 9.20. The molecule has 0 fully saturated rings. The van der Waals surface area contributed by atoms with Gasteiger partial charge in [-0.25, -0.2) is 15.5 Å². The van der Waals surface area contributed by atoms with E-state index in [0.717, 1.165) is 16.9 Å². The number of aliphatic hydroxyl groups excluding tert-OH is 1. The molecule has 0 aliphatic carbocycles. The Balaban J connectivity index is 1.55. The molecule has 11 nitrogen and oxygen atoms in total. The number of aryl methyl sites for hydroxylation is 1. The molecular weight excluding hydrogens is 434 g/mol. The van der Waals surface area contributed by atoms with Crippen molar-refractivity contribution >= 4 is 17.6 Å². The van der Waals surface area contributed by atoms with Crippen LogP contribution >= 0.6 is 0 Å². The highest BCUT2D eigenvalue weighted by atomic mass is 16.3. The lowest BCUT2D eigenvalue weighted by atomic mass is 9.93. The van der Waals surface area contributed by atoms with Crippen LogP contribution in [0.4, 0.5) is 5.82 Å². The van der Waals surface area contributed by atoms with Crippen LogP contribution in [-0.4, -0.2) is 54.0 Å². The lowest BCUT2D eigenvalue weighted by Crippen LogP contribution is -2.48. The minimum absolute atomic E-state index is 0.0697. The molecule has 0 unspecified atom stereocenters. The average molecular weight is 464 g/mol. The molecule has 4 rings (SSSR count). The monoisotopic (exact) mass is 463 g/mol. The number of amidine groups is 1. The van der Waals surface area contributed by atoms with Crippen molar-refractivity contribution < 1.29 is 9.90 Å². The molecule has 34 heavy (non-hydrogen) atoms. The highest BCUT2D eigenvalue weighted by molar-refractivity contribution is 6.03. The van der Waals surface area contributed by atoms with Gasteiger partial charge < -0.3 is 15.0 Å². The number of hydrazine groups is 2. The third-order valence-electron chi connectivity index (χ3n) is 5.42. The van der Waals surface area contributed by atoms with Gasteiger partial charge in [0.2, 0.25) is 0 Å². The predicted octanol–water partition coefficient (Wildman–Crippen LogP) is 1.89. The zero-order valence-electron chi connectivity index (χ0n) is 19.9. The Bertz CT molecular complexity index is 1230. The van der Waals surface area contributed by atoms with E-state index in [4.69, 9.17) is 0 Å². The summed E-state index contributed by atoms with van der Waals surface area (Å²) in [4.78, 5) is 26.3. The second-order valence-corrected chi connectivity index (χ2v) is 9.20. The lowest BCUT2D eigenvalue weighted by Gasteiger charge is -2.24. The van der Waals surface area contributed by atoms with E-state index >= 15 is 0 Å². The van der Waals surface area contributed by atoms with E-state index in [2.05, 4.69) is 57.2 Å². The van der Waals surface area contributed by atoms with Crippen LogP contribution in [-0.2, 0) is 5.41 Å². The number of hydrogen-bond acceptors (Lipinski definition) is 9. The molecule has 0 saturated heterocycles. The molecule has 0 spiro atoms. The van der Waals surface area contributed by atoms with Gasteiger partial charge in [0.25, 0.3) is 5.91 Å². The number of carbonyl (C=O) groups is 1. The smallest absolute Gasteiger partial charge is 0.275 e. The predicted molar refractivity (Wildman–Crippen MR) is 128 cm³/mol. The first-order chi connectivity index (χ1) is 16.2. The molecule has 4 heterocycles. The maximum atomic E-state index is 13.0. The van der Waals surface area contributed by atoms with Crippen LogP contribution < -0.4 is 16.4 Å². The Labute approximate surface area is 197 Å². The van der Waals surface area contributed by atoms with Crippen LogP contribution in [0.2, 0.25) is 0 Å². The van der Waals surface area contributed by atoms with E-state index in [0.29, 0.717) is 17.3 Å². The number of nitrogens with one attached hydrogen (secondary N) is 3. The van der Waals surface area contributed by atoms with Gasteiger partial charge in [0.1, 0.15) is 17.2 Å². The van der Waals surface area contributed by atoms with Crippen LogP contribution in [0.5, 0.6) is 0 Å². The first-order valence-electron chi connectivity index (χ1n) is 11.0. The number of aromatic nitrogens is 4. The number of aliphatic hydroxyl groups is 1. The van der Waals surface area contributed by atoms with Crippen molar-refractivity contribution in [3.63, 3.8) is 0 Å². The molecule has 4 N–H and O–H groups in total. The number of nitrogens with zero attached hydrogens (tertiary/aromatic N) is 6. The molecule has 1 aliphatic heterocycles. The Hall–Kier alpha value is -3.83. The number of hydrazone groups is 1. The summed E-state index contributed by atoms with van der Waals surface area (Å²) in [5.74, 6) is 0.477. The second-order valence-electron chi connectivity index (χ2n) is 9.20. The Kier molecular flexibility index (Phi) is 6.31. The van der Waals surface area contributed by atoms with E-state index in [1.165, 1.54) is 0 Å². The van der Waals surface area contributed by atoms with Crippen LogP contribution in [0.25, 0.3) is 5.69 Å². The van der Waals surface area contributed by atoms with Crippen molar-refractivity contribution in [2.24, 2.45) is 5.10 Å². The highest BCUT2D eigenvalue weighted by Crippen LogP contribution is 2.23. The summed E-state index contributed by atoms with van der Waals surface area (Å²) < 4.78 is 1.91. The summed E-state index contributed by atoms with van der Waals surface area (Å²) in [6, 6.07) is 6.74. The Morgan fingerprint density at radius 3 is 2.76 bits per heavy atom. The SMILES string of the molecule is Cc1cnc(C(=O)Nc2cccc(C3=NNNN3[C@H](C)CO)n2)cc1-n1cnc(C(C)(C)C)c1. The molecule has 178 valence electrons. The molecule has 3 aromatic rings. The van der Waals surface area contributed by atoms with E-state index in [1.54, 1.807) is 41.8 Å². The summed E-state index contributed by atoms with van der Waals surface area (Å²) in [7, 11) is 0. The number of rotatable bonds is 6. The fourth-order valence-corrected chi connectivity index (χ4v) is 3.39. The quantitative estimate of drug-likeness (QED) is 0.436. The largest absolute Gasteiger partial charge is 0.394 e. The van der Waals surface area contributed by atoms with Crippen molar-refractivity contribution in [2.45, 2.75) is 46.1 Å².